The van der Waals surface area contributed by atoms with E-state index in [1.165, 1.54) is 0 Å². The highest BCUT2D eigenvalue weighted by Gasteiger charge is 2.19. The van der Waals surface area contributed by atoms with E-state index >= 15 is 0 Å². The second-order valence-electron chi connectivity index (χ2n) is 5.61. The van der Waals surface area contributed by atoms with Crippen LogP contribution in [0.2, 0.25) is 0 Å². The van der Waals surface area contributed by atoms with Crippen LogP contribution in [0.3, 0.4) is 0 Å². The number of imidazole rings is 1. The van der Waals surface area contributed by atoms with Gasteiger partial charge in [-0.2, -0.15) is 0 Å². The Hall–Kier alpha value is -2.60. The summed E-state index contributed by atoms with van der Waals surface area (Å²) in [5, 5.41) is 3.89. The van der Waals surface area contributed by atoms with Gasteiger partial charge in [-0.1, -0.05) is 18.2 Å². The molecule has 1 N–H and O–H groups in total. The molecule has 1 aromatic carbocycles. The Morgan fingerprint density at radius 1 is 1.39 bits per heavy atom. The number of hydrogen-bond donors (Lipinski definition) is 1. The van der Waals surface area contributed by atoms with Crippen LogP contribution in [-0.4, -0.2) is 22.1 Å². The number of hydrogen-bond acceptors (Lipinski definition) is 4. The molecule has 0 saturated carbocycles. The van der Waals surface area contributed by atoms with Crippen molar-refractivity contribution in [3.8, 4) is 0 Å². The number of fused-ring (bicyclic) bond motifs is 2. The molecule has 6 nitrogen and oxygen atoms in total. The first kappa shape index (κ1) is 14.0. The van der Waals surface area contributed by atoms with Crippen LogP contribution in [0.5, 0.6) is 0 Å². The summed E-state index contributed by atoms with van der Waals surface area (Å²) in [5.74, 6) is 1.06. The SMILES string of the molecule is Cc1c(C(=O)NCc2cnc3n2CCOC3)oc2ccccc12. The molecule has 3 aromatic rings. The van der Waals surface area contributed by atoms with E-state index in [1.807, 2.05) is 31.2 Å². The zero-order valence-corrected chi connectivity index (χ0v) is 12.8. The quantitative estimate of drug-likeness (QED) is 0.806. The van der Waals surface area contributed by atoms with E-state index in [0.717, 1.165) is 34.6 Å². The number of rotatable bonds is 3. The molecule has 0 bridgehead atoms. The molecule has 0 atom stereocenters. The van der Waals surface area contributed by atoms with Crippen molar-refractivity contribution in [1.29, 1.82) is 0 Å². The summed E-state index contributed by atoms with van der Waals surface area (Å²) < 4.78 is 13.1. The van der Waals surface area contributed by atoms with E-state index in [1.54, 1.807) is 6.20 Å². The van der Waals surface area contributed by atoms with Gasteiger partial charge in [0, 0.05) is 17.5 Å². The molecule has 118 valence electrons. The molecule has 0 unspecified atom stereocenters. The Morgan fingerprint density at radius 3 is 3.13 bits per heavy atom. The molecule has 0 radical (unpaired) electrons. The number of ether oxygens (including phenoxy) is 1. The number of aryl methyl sites for hydroxylation is 1. The monoisotopic (exact) mass is 311 g/mol. The van der Waals surface area contributed by atoms with Crippen LogP contribution >= 0.6 is 0 Å². The predicted octanol–water partition coefficient (Wildman–Crippen LogP) is 2.40. The van der Waals surface area contributed by atoms with E-state index in [9.17, 15) is 4.79 Å². The van der Waals surface area contributed by atoms with Gasteiger partial charge in [0.15, 0.2) is 5.76 Å². The van der Waals surface area contributed by atoms with Gasteiger partial charge in [0.05, 0.1) is 25.0 Å². The number of nitrogens with zero attached hydrogens (tertiary/aromatic N) is 2. The molecule has 2 aromatic heterocycles. The van der Waals surface area contributed by atoms with Gasteiger partial charge in [-0.25, -0.2) is 4.98 Å². The molecule has 0 fully saturated rings. The summed E-state index contributed by atoms with van der Waals surface area (Å²) in [6.45, 7) is 4.29. The zero-order valence-electron chi connectivity index (χ0n) is 12.8. The molecule has 0 aliphatic carbocycles. The summed E-state index contributed by atoms with van der Waals surface area (Å²) in [6, 6.07) is 7.66. The van der Waals surface area contributed by atoms with E-state index < -0.39 is 0 Å². The van der Waals surface area contributed by atoms with E-state index in [2.05, 4.69) is 14.9 Å². The van der Waals surface area contributed by atoms with Crippen molar-refractivity contribution in [3.63, 3.8) is 0 Å². The van der Waals surface area contributed by atoms with Crippen molar-refractivity contribution in [2.24, 2.45) is 0 Å². The Bertz CT molecular complexity index is 878. The topological polar surface area (TPSA) is 69.3 Å². The summed E-state index contributed by atoms with van der Waals surface area (Å²) in [6.07, 6.45) is 1.79. The number of nitrogens with one attached hydrogen (secondary N) is 1. The number of furan rings is 1. The first-order valence-electron chi connectivity index (χ1n) is 7.61. The highest BCUT2D eigenvalue weighted by molar-refractivity contribution is 5.98. The second-order valence-corrected chi connectivity index (χ2v) is 5.61. The Labute approximate surface area is 133 Å². The third-order valence-corrected chi connectivity index (χ3v) is 4.19. The van der Waals surface area contributed by atoms with E-state index in [-0.39, 0.29) is 5.91 Å². The molecule has 4 rings (SSSR count). The van der Waals surface area contributed by atoms with Crippen LogP contribution < -0.4 is 5.32 Å². The lowest BCUT2D eigenvalue weighted by Gasteiger charge is -2.17. The predicted molar refractivity (Wildman–Crippen MR) is 84.0 cm³/mol. The van der Waals surface area contributed by atoms with Gasteiger partial charge < -0.3 is 19.0 Å². The van der Waals surface area contributed by atoms with Gasteiger partial charge in [0.1, 0.15) is 18.0 Å². The lowest BCUT2D eigenvalue weighted by molar-refractivity contribution is 0.0802. The first-order chi connectivity index (χ1) is 11.2. The molecule has 0 spiro atoms. The average molecular weight is 311 g/mol. The lowest BCUT2D eigenvalue weighted by atomic mass is 10.1. The van der Waals surface area contributed by atoms with Crippen molar-refractivity contribution < 1.29 is 13.9 Å². The molecule has 1 aliphatic rings. The molecular formula is C17H17N3O3. The number of benzene rings is 1. The maximum absolute atomic E-state index is 12.4. The number of para-hydroxylation sites is 1. The number of carbonyl (C=O) groups excluding carboxylic acids is 1. The third-order valence-electron chi connectivity index (χ3n) is 4.19. The van der Waals surface area contributed by atoms with E-state index in [4.69, 9.17) is 9.15 Å². The van der Waals surface area contributed by atoms with Gasteiger partial charge in [0.2, 0.25) is 0 Å². The number of amides is 1. The second kappa shape index (κ2) is 5.55. The summed E-state index contributed by atoms with van der Waals surface area (Å²) in [7, 11) is 0. The van der Waals surface area contributed by atoms with Crippen molar-refractivity contribution in [3.05, 3.63) is 53.3 Å². The summed E-state index contributed by atoms with van der Waals surface area (Å²) in [5.41, 5.74) is 2.57. The standard InChI is InChI=1S/C17H17N3O3/c1-11-13-4-2-3-5-14(13)23-16(11)17(21)19-9-12-8-18-15-10-22-7-6-20(12)15/h2-5,8H,6-7,9-10H2,1H3,(H,19,21). The number of carbonyl (C=O) groups is 1. The van der Waals surface area contributed by atoms with Crippen molar-refractivity contribution >= 4 is 16.9 Å². The van der Waals surface area contributed by atoms with Crippen molar-refractivity contribution in [1.82, 2.24) is 14.9 Å². The third kappa shape index (κ3) is 2.41. The lowest BCUT2D eigenvalue weighted by Crippen LogP contribution is -2.26. The minimum atomic E-state index is -0.207. The van der Waals surface area contributed by atoms with Gasteiger partial charge >= 0.3 is 0 Å². The highest BCUT2D eigenvalue weighted by atomic mass is 16.5. The van der Waals surface area contributed by atoms with Crippen molar-refractivity contribution in [2.75, 3.05) is 6.61 Å². The minimum Gasteiger partial charge on any atom is -0.451 e. The fraction of sp³-hybridized carbons (Fsp3) is 0.294. The maximum atomic E-state index is 12.4. The molecule has 0 saturated heterocycles. The molecule has 1 amide bonds. The molecule has 6 heteroatoms. The van der Waals surface area contributed by atoms with Gasteiger partial charge in [0.25, 0.3) is 5.91 Å². The van der Waals surface area contributed by atoms with Crippen LogP contribution in [0.25, 0.3) is 11.0 Å². The Morgan fingerprint density at radius 2 is 2.26 bits per heavy atom. The van der Waals surface area contributed by atoms with Gasteiger partial charge in [-0.15, -0.1) is 0 Å². The average Bonchev–Trinajstić information content (AvgIpc) is 3.15. The van der Waals surface area contributed by atoms with Gasteiger partial charge in [-0.3, -0.25) is 4.79 Å². The molecule has 1 aliphatic heterocycles. The fourth-order valence-electron chi connectivity index (χ4n) is 2.94. The Kier molecular flexibility index (Phi) is 3.38. The summed E-state index contributed by atoms with van der Waals surface area (Å²) in [4.78, 5) is 16.8. The maximum Gasteiger partial charge on any atom is 0.287 e. The van der Waals surface area contributed by atoms with Crippen LogP contribution in [0.4, 0.5) is 0 Å². The minimum absolute atomic E-state index is 0.207. The fourth-order valence-corrected chi connectivity index (χ4v) is 2.94. The van der Waals surface area contributed by atoms with Crippen molar-refractivity contribution in [2.45, 2.75) is 26.6 Å². The molecule has 3 heterocycles. The highest BCUT2D eigenvalue weighted by Crippen LogP contribution is 2.24. The zero-order chi connectivity index (χ0) is 15.8. The largest absolute Gasteiger partial charge is 0.451 e. The van der Waals surface area contributed by atoms with Gasteiger partial charge in [-0.05, 0) is 13.0 Å². The Balaban J connectivity index is 1.53. The summed E-state index contributed by atoms with van der Waals surface area (Å²) >= 11 is 0. The van der Waals surface area contributed by atoms with Crippen LogP contribution in [0, 0.1) is 6.92 Å². The smallest absolute Gasteiger partial charge is 0.287 e. The molecular weight excluding hydrogens is 294 g/mol. The van der Waals surface area contributed by atoms with Crippen LogP contribution in [0.1, 0.15) is 27.6 Å². The van der Waals surface area contributed by atoms with E-state index in [0.29, 0.717) is 25.5 Å². The van der Waals surface area contributed by atoms with Crippen LogP contribution in [0.15, 0.2) is 34.9 Å². The normalized spacial score (nSPS) is 14.0. The molecule has 23 heavy (non-hydrogen) atoms. The number of aromatic nitrogens is 2. The van der Waals surface area contributed by atoms with Crippen LogP contribution in [-0.2, 0) is 24.4 Å². The first-order valence-corrected chi connectivity index (χ1v) is 7.61.